The quantitative estimate of drug-likeness (QED) is 0.0667. The molecule has 0 nitrogen and oxygen atoms in total. The van der Waals surface area contributed by atoms with Gasteiger partial charge in [-0.2, -0.15) is 79.0 Å². The molecule has 0 aliphatic rings. The maximum absolute atomic E-state index is 14.6. The molecule has 428 valence electrons. The van der Waals surface area contributed by atoms with Gasteiger partial charge in [0, 0.05) is 132 Å². The van der Waals surface area contributed by atoms with Crippen LogP contribution in [0.2, 0.25) is 180 Å². The summed E-state index contributed by atoms with van der Waals surface area (Å²) in [6.07, 6.45) is -35.1. The zero-order valence-electron chi connectivity index (χ0n) is 46.8. The molecule has 0 amide bonds. The van der Waals surface area contributed by atoms with Gasteiger partial charge in [-0.1, -0.05) is 180 Å². The highest BCUT2D eigenvalue weighted by atomic mass is 30.4. The van der Waals surface area contributed by atoms with E-state index in [9.17, 15) is 79.0 Å². The molecular weight excluding hydrogens is 1190 g/mol. The Morgan fingerprint density at radius 3 is 0.366 bits per heavy atom. The second-order valence-corrected chi connectivity index (χ2v) is 177. The summed E-state index contributed by atoms with van der Waals surface area (Å²) in [5.74, 6) is 0. The van der Waals surface area contributed by atoms with Crippen molar-refractivity contribution in [2.45, 2.75) is 256 Å². The van der Waals surface area contributed by atoms with Crippen molar-refractivity contribution in [3.05, 3.63) is 0 Å². The van der Waals surface area contributed by atoms with Crippen molar-refractivity contribution in [1.29, 1.82) is 0 Å². The summed E-state index contributed by atoms with van der Waals surface area (Å²) in [7, 11) is -31.5. The average Bonchev–Trinajstić information content (AvgIpc) is 3.12. The summed E-state index contributed by atoms with van der Waals surface area (Å²) in [5.41, 5.74) is 0. The molecule has 0 aliphatic heterocycles. The zero-order valence-corrected chi connectivity index (χ0v) is 59.8. The Morgan fingerprint density at radius 2 is 0.282 bits per heavy atom. The molecule has 71 heavy (non-hydrogen) atoms. The Morgan fingerprint density at radius 1 is 0.183 bits per heavy atom. The van der Waals surface area contributed by atoms with E-state index < -0.39 is 169 Å². The van der Waals surface area contributed by atoms with E-state index in [0.29, 0.717) is 0 Å². The van der Waals surface area contributed by atoms with Crippen LogP contribution in [0.5, 0.6) is 0 Å². The first-order chi connectivity index (χ1) is 30.2. The van der Waals surface area contributed by atoms with Gasteiger partial charge in [-0.05, 0) is 0 Å². The number of rotatable bonds is 24. The fourth-order valence-corrected chi connectivity index (χ4v) is 590. The Bertz CT molecular complexity index is 1470. The molecule has 0 spiro atoms. The van der Waals surface area contributed by atoms with E-state index in [-0.39, 0.29) is 36.3 Å². The minimum absolute atomic E-state index is 0.314. The van der Waals surface area contributed by atoms with Gasteiger partial charge in [0.15, 0.2) is 0 Å². The zero-order chi connectivity index (χ0) is 58.0. The number of hydrogen-bond donors (Lipinski definition) is 0. The van der Waals surface area contributed by atoms with Crippen molar-refractivity contribution >= 4 is 93.4 Å². The lowest BCUT2D eigenvalue weighted by atomic mass is 10.5. The fourth-order valence-electron chi connectivity index (χ4n) is 15.9. The van der Waals surface area contributed by atoms with E-state index in [2.05, 4.69) is 45.8 Å². The van der Waals surface area contributed by atoms with Crippen LogP contribution >= 0.6 is 0 Å². The molecule has 0 aromatic carbocycles. The molecule has 0 saturated carbocycles. The molecule has 31 heteroatoms. The Kier molecular flexibility index (Phi) is 22.4. The van der Waals surface area contributed by atoms with E-state index >= 15 is 0 Å². The lowest BCUT2D eigenvalue weighted by molar-refractivity contribution is -0.131. The second kappa shape index (κ2) is 21.9. The average molecular weight is 1280 g/mol. The third-order valence-corrected chi connectivity index (χ3v) is 355. The third kappa shape index (κ3) is 15.1. The monoisotopic (exact) mass is 1280 g/mol. The largest absolute Gasteiger partial charge is 0.388 e. The first-order valence-electron chi connectivity index (χ1n) is 24.6. The van der Waals surface area contributed by atoms with Crippen LogP contribution in [0.15, 0.2) is 0 Å². The summed E-state index contributed by atoms with van der Waals surface area (Å²) in [4.78, 5) is 0. The van der Waals surface area contributed by atoms with Crippen LogP contribution in [0.1, 0.15) is 38.5 Å². The van der Waals surface area contributed by atoms with E-state index in [1.54, 1.807) is 0 Å². The number of halogens is 18. The van der Waals surface area contributed by atoms with Gasteiger partial charge in [0.05, 0.1) is 0 Å². The highest BCUT2D eigenvalue weighted by Crippen LogP contribution is 2.59. The smallest absolute Gasteiger partial charge is 0.171 e. The molecule has 0 unspecified atom stereocenters. The van der Waals surface area contributed by atoms with Gasteiger partial charge < -0.3 is 0 Å². The molecule has 0 aromatic heterocycles. The van der Waals surface area contributed by atoms with Gasteiger partial charge in [-0.3, -0.25) is 0 Å². The van der Waals surface area contributed by atoms with Crippen LogP contribution < -0.4 is 0 Å². The molecule has 0 aliphatic carbocycles. The van der Waals surface area contributed by atoms with Gasteiger partial charge in [0.2, 0.25) is 0 Å². The predicted octanol–water partition coefficient (Wildman–Crippen LogP) is 19.3. The lowest BCUT2D eigenvalue weighted by Gasteiger charge is -2.77. The van der Waals surface area contributed by atoms with Gasteiger partial charge in [0.1, 0.15) is 0 Å². The minimum atomic E-state index is -4.65. The van der Waals surface area contributed by atoms with Crippen molar-refractivity contribution in [3.8, 4) is 0 Å². The summed E-state index contributed by atoms with van der Waals surface area (Å²) >= 11 is 0. The van der Waals surface area contributed by atoms with Gasteiger partial charge in [-0.25, -0.2) is 0 Å². The molecule has 0 fully saturated rings. The van der Waals surface area contributed by atoms with Crippen LogP contribution in [-0.2, 0) is 0 Å². The fraction of sp³-hybridized carbons (Fsp3) is 1.00. The summed E-state index contributed by atoms with van der Waals surface area (Å²) in [6.45, 7) is 28.4. The Balaban J connectivity index is 10.5. The third-order valence-electron chi connectivity index (χ3n) is 21.8. The molecular formula is C40H90F18Si13. The Labute approximate surface area is 425 Å². The normalized spacial score (nSPS) is 16.6. The van der Waals surface area contributed by atoms with Crippen LogP contribution in [0.3, 0.4) is 0 Å². The van der Waals surface area contributed by atoms with E-state index in [4.69, 9.17) is 0 Å². The van der Waals surface area contributed by atoms with Crippen LogP contribution in [0.4, 0.5) is 79.0 Å². The maximum atomic E-state index is 14.6. The molecule has 0 N–H and O–H groups in total. The summed E-state index contributed by atoms with van der Waals surface area (Å²) in [6, 6.07) is -1.89. The standard InChI is InChI=1S/C40H90F18Si13/c1-59(2,29-23-35(41,42)43)68(19,60(3,4)30-24-36(44,45)46)65(13,14)71(22,66(15,16)69(20,61(5,6)31-25-37(47,48)49)62(7,8)32-26-38(50,51)52)67(17,18)70(21,63(9,10)33-27-39(53,54)55)64(11,12)34-28-40(56,57)58/h23-34H2,1-22H3. The van der Waals surface area contributed by atoms with Crippen molar-refractivity contribution in [2.24, 2.45) is 0 Å². The van der Waals surface area contributed by atoms with Crippen LogP contribution in [0, 0.1) is 0 Å². The van der Waals surface area contributed by atoms with Crippen molar-refractivity contribution in [2.75, 3.05) is 0 Å². The van der Waals surface area contributed by atoms with Gasteiger partial charge in [-0.15, -0.1) is 0 Å². The van der Waals surface area contributed by atoms with E-state index in [0.717, 1.165) is 0 Å². The first-order valence-corrected chi connectivity index (χ1v) is 74.9. The van der Waals surface area contributed by atoms with Crippen LogP contribution in [0.25, 0.3) is 0 Å². The maximum Gasteiger partial charge on any atom is 0.388 e. The predicted molar refractivity (Wildman–Crippen MR) is 297 cm³/mol. The van der Waals surface area contributed by atoms with Crippen molar-refractivity contribution in [3.63, 3.8) is 0 Å². The number of alkyl halides is 18. The topological polar surface area (TPSA) is 0 Å². The molecule has 0 heterocycles. The minimum Gasteiger partial charge on any atom is -0.171 e. The van der Waals surface area contributed by atoms with E-state index in [1.165, 1.54) is 0 Å². The molecule has 0 bridgehead atoms. The molecule has 0 saturated heterocycles. The van der Waals surface area contributed by atoms with Crippen molar-refractivity contribution in [1.82, 2.24) is 0 Å². The molecule has 0 rings (SSSR count). The highest BCUT2D eigenvalue weighted by molar-refractivity contribution is 8.24. The van der Waals surface area contributed by atoms with Crippen molar-refractivity contribution < 1.29 is 79.0 Å². The molecule has 0 radical (unpaired) electrons. The Hall–Kier alpha value is 1.56. The summed E-state index contributed by atoms with van der Waals surface area (Å²) in [5, 5.41) is 0. The van der Waals surface area contributed by atoms with Gasteiger partial charge in [0.25, 0.3) is 0 Å². The van der Waals surface area contributed by atoms with Gasteiger partial charge >= 0.3 is 37.1 Å². The SMILES string of the molecule is C[Si](C)(CCC(F)(F)F)[Si](C)([Si](C)(C)CCC(F)(F)F)[Si](C)(C)[Si](C)([Si](C)(C)[Si](C)([Si](C)(C)CCC(F)(F)F)[Si](C)(C)CCC(F)(F)F)[Si](C)(C)[Si](C)([Si](C)(C)CCC(F)(F)F)[Si](C)(C)CCC(F)(F)F. The highest BCUT2D eigenvalue weighted by Gasteiger charge is 2.83. The van der Waals surface area contributed by atoms with E-state index in [1.807, 2.05) is 98.2 Å². The second-order valence-electron chi connectivity index (χ2n) is 27.4. The van der Waals surface area contributed by atoms with Crippen LogP contribution in [-0.4, -0.2) is 130 Å². The molecule has 0 aromatic rings. The summed E-state index contributed by atoms with van der Waals surface area (Å²) < 4.78 is 263. The number of hydrogen-bond acceptors (Lipinski definition) is 0. The lowest BCUT2D eigenvalue weighted by Crippen LogP contribution is -3.06. The first kappa shape index (κ1) is 72.6. The molecule has 0 atom stereocenters.